The molecule has 0 radical (unpaired) electrons. The van der Waals surface area contributed by atoms with Crippen molar-refractivity contribution in [1.29, 1.82) is 0 Å². The highest BCUT2D eigenvalue weighted by Crippen LogP contribution is 2.32. The predicted octanol–water partition coefficient (Wildman–Crippen LogP) is 3.38. The summed E-state index contributed by atoms with van der Waals surface area (Å²) in [5.41, 5.74) is 1.91. The molecule has 4 rings (SSSR count). The molecule has 7 heteroatoms. The quantitative estimate of drug-likeness (QED) is 0.735. The summed E-state index contributed by atoms with van der Waals surface area (Å²) in [5, 5.41) is 8.54. The highest BCUT2D eigenvalue weighted by molar-refractivity contribution is 7.20. The van der Waals surface area contributed by atoms with E-state index in [1.54, 1.807) is 0 Å². The van der Waals surface area contributed by atoms with Crippen LogP contribution in [0.4, 0.5) is 0 Å². The van der Waals surface area contributed by atoms with Crippen LogP contribution < -0.4 is 5.32 Å². The van der Waals surface area contributed by atoms with Gasteiger partial charge in [-0.1, -0.05) is 18.2 Å². The smallest absolute Gasteiger partial charge is 0.264 e. The van der Waals surface area contributed by atoms with E-state index in [9.17, 15) is 9.59 Å². The normalized spacial score (nSPS) is 15.1. The Balaban J connectivity index is 1.54. The number of hydrogen-bond donors (Lipinski definition) is 1. The molecule has 0 saturated carbocycles. The van der Waals surface area contributed by atoms with Gasteiger partial charge in [0.15, 0.2) is 0 Å². The Kier molecular flexibility index (Phi) is 5.17. The first-order valence-corrected chi connectivity index (χ1v) is 10.5. The largest absolute Gasteiger partial charge is 0.356 e. The zero-order valence-electron chi connectivity index (χ0n) is 16.1. The Morgan fingerprint density at radius 1 is 1.21 bits per heavy atom. The van der Waals surface area contributed by atoms with Gasteiger partial charge in [0.25, 0.3) is 5.91 Å². The molecule has 1 aromatic carbocycles. The summed E-state index contributed by atoms with van der Waals surface area (Å²) in [5.74, 6) is 0.171. The maximum absolute atomic E-state index is 13.0. The average molecular weight is 397 g/mol. The van der Waals surface area contributed by atoms with Crippen molar-refractivity contribution in [3.8, 4) is 5.69 Å². The van der Waals surface area contributed by atoms with Crippen molar-refractivity contribution in [2.24, 2.45) is 5.92 Å². The highest BCUT2D eigenvalue weighted by atomic mass is 32.1. The maximum Gasteiger partial charge on any atom is 0.264 e. The van der Waals surface area contributed by atoms with E-state index in [4.69, 9.17) is 0 Å². The lowest BCUT2D eigenvalue weighted by Gasteiger charge is -2.31. The Bertz CT molecular complexity index is 1000. The Morgan fingerprint density at radius 3 is 2.61 bits per heavy atom. The molecule has 1 aliphatic rings. The van der Waals surface area contributed by atoms with Gasteiger partial charge < -0.3 is 10.2 Å². The highest BCUT2D eigenvalue weighted by Gasteiger charge is 2.28. The molecular formula is C21H24N4O2S. The number of nitrogens with zero attached hydrogens (tertiary/aromatic N) is 3. The molecule has 1 fully saturated rings. The first-order valence-electron chi connectivity index (χ1n) is 9.70. The predicted molar refractivity (Wildman–Crippen MR) is 111 cm³/mol. The van der Waals surface area contributed by atoms with E-state index in [2.05, 4.69) is 10.4 Å². The zero-order chi connectivity index (χ0) is 19.7. The number of likely N-dealkylation sites (tertiary alicyclic amines) is 1. The second kappa shape index (κ2) is 7.75. The second-order valence-corrected chi connectivity index (χ2v) is 8.15. The van der Waals surface area contributed by atoms with Gasteiger partial charge in [0, 0.05) is 30.9 Å². The number of amides is 2. The topological polar surface area (TPSA) is 67.2 Å². The van der Waals surface area contributed by atoms with Crippen molar-refractivity contribution in [2.45, 2.75) is 26.7 Å². The minimum atomic E-state index is 0.0142. The number of piperidine rings is 1. The van der Waals surface area contributed by atoms with Crippen molar-refractivity contribution < 1.29 is 9.59 Å². The van der Waals surface area contributed by atoms with Crippen LogP contribution in [0.15, 0.2) is 36.4 Å². The standard InChI is InChI=1S/C21H24N4O2S/c1-3-22-19(26)15-9-11-24(12-10-15)20(27)18-13-17-14(2)23-25(21(17)28-18)16-7-5-4-6-8-16/h4-8,13,15H,3,9-12H2,1-2H3,(H,22,26). The van der Waals surface area contributed by atoms with Crippen LogP contribution in [0, 0.1) is 12.8 Å². The van der Waals surface area contributed by atoms with Gasteiger partial charge >= 0.3 is 0 Å². The monoisotopic (exact) mass is 396 g/mol. The fourth-order valence-corrected chi connectivity index (χ4v) is 4.87. The lowest BCUT2D eigenvalue weighted by Crippen LogP contribution is -2.42. The molecule has 6 nitrogen and oxygen atoms in total. The first kappa shape index (κ1) is 18.7. The van der Waals surface area contributed by atoms with E-state index >= 15 is 0 Å². The minimum absolute atomic E-state index is 0.0142. The number of carbonyl (C=O) groups excluding carboxylic acids is 2. The van der Waals surface area contributed by atoms with Gasteiger partial charge in [-0.15, -0.1) is 11.3 Å². The Morgan fingerprint density at radius 2 is 1.93 bits per heavy atom. The summed E-state index contributed by atoms with van der Waals surface area (Å²) in [7, 11) is 0. The number of fused-ring (bicyclic) bond motifs is 1. The van der Waals surface area contributed by atoms with Gasteiger partial charge in [0.2, 0.25) is 5.91 Å². The molecule has 1 saturated heterocycles. The van der Waals surface area contributed by atoms with Crippen LogP contribution in [0.2, 0.25) is 0 Å². The number of para-hydroxylation sites is 1. The number of aryl methyl sites for hydroxylation is 1. The molecule has 3 aromatic rings. The fourth-order valence-electron chi connectivity index (χ4n) is 3.72. The van der Waals surface area contributed by atoms with Crippen molar-refractivity contribution in [2.75, 3.05) is 19.6 Å². The van der Waals surface area contributed by atoms with Crippen LogP contribution >= 0.6 is 11.3 Å². The van der Waals surface area contributed by atoms with E-state index in [1.807, 2.05) is 59.8 Å². The van der Waals surface area contributed by atoms with E-state index in [0.29, 0.717) is 19.6 Å². The average Bonchev–Trinajstić information content (AvgIpc) is 3.29. The second-order valence-electron chi connectivity index (χ2n) is 7.12. The lowest BCUT2D eigenvalue weighted by molar-refractivity contribution is -0.126. The third-order valence-electron chi connectivity index (χ3n) is 5.26. The van der Waals surface area contributed by atoms with E-state index in [1.165, 1.54) is 11.3 Å². The van der Waals surface area contributed by atoms with Gasteiger partial charge in [0.1, 0.15) is 4.83 Å². The first-order chi connectivity index (χ1) is 13.6. The molecule has 1 aliphatic heterocycles. The third kappa shape index (κ3) is 3.42. The van der Waals surface area contributed by atoms with Crippen molar-refractivity contribution in [1.82, 2.24) is 20.0 Å². The number of aromatic nitrogens is 2. The molecule has 2 aromatic heterocycles. The van der Waals surface area contributed by atoms with Crippen LogP contribution in [0.25, 0.3) is 15.9 Å². The lowest BCUT2D eigenvalue weighted by atomic mass is 9.96. The Hall–Kier alpha value is -2.67. The van der Waals surface area contributed by atoms with Crippen molar-refractivity contribution in [3.63, 3.8) is 0 Å². The molecule has 28 heavy (non-hydrogen) atoms. The van der Waals surface area contributed by atoms with E-state index in [-0.39, 0.29) is 17.7 Å². The third-order valence-corrected chi connectivity index (χ3v) is 6.36. The van der Waals surface area contributed by atoms with E-state index in [0.717, 1.165) is 39.3 Å². The molecule has 0 atom stereocenters. The summed E-state index contributed by atoms with van der Waals surface area (Å²) in [6.45, 7) is 5.80. The maximum atomic E-state index is 13.0. The van der Waals surface area contributed by atoms with Crippen LogP contribution in [0.1, 0.15) is 35.1 Å². The molecule has 0 bridgehead atoms. The molecular weight excluding hydrogens is 372 g/mol. The van der Waals surface area contributed by atoms with E-state index < -0.39 is 0 Å². The molecule has 2 amide bonds. The van der Waals surface area contributed by atoms with Crippen LogP contribution in [-0.2, 0) is 4.79 Å². The SMILES string of the molecule is CCNC(=O)C1CCN(C(=O)c2cc3c(C)nn(-c4ccccc4)c3s2)CC1. The number of thiophene rings is 1. The summed E-state index contributed by atoms with van der Waals surface area (Å²) < 4.78 is 1.91. The van der Waals surface area contributed by atoms with Gasteiger partial charge in [-0.3, -0.25) is 9.59 Å². The summed E-state index contributed by atoms with van der Waals surface area (Å²) in [6, 6.07) is 11.9. The molecule has 3 heterocycles. The number of nitrogens with one attached hydrogen (secondary N) is 1. The summed E-state index contributed by atoms with van der Waals surface area (Å²) in [4.78, 5) is 28.6. The summed E-state index contributed by atoms with van der Waals surface area (Å²) >= 11 is 1.49. The van der Waals surface area contributed by atoms with Crippen LogP contribution in [0.3, 0.4) is 0 Å². The molecule has 1 N–H and O–H groups in total. The number of benzene rings is 1. The molecule has 0 unspecified atom stereocenters. The molecule has 146 valence electrons. The zero-order valence-corrected chi connectivity index (χ0v) is 17.0. The van der Waals surface area contributed by atoms with Crippen LogP contribution in [0.5, 0.6) is 0 Å². The number of hydrogen-bond acceptors (Lipinski definition) is 4. The van der Waals surface area contributed by atoms with Crippen LogP contribution in [-0.4, -0.2) is 46.1 Å². The molecule has 0 aliphatic carbocycles. The minimum Gasteiger partial charge on any atom is -0.356 e. The fraction of sp³-hybridized carbons (Fsp3) is 0.381. The van der Waals surface area contributed by atoms with Gasteiger partial charge in [-0.25, -0.2) is 4.68 Å². The Labute approximate surface area is 168 Å². The number of rotatable bonds is 4. The van der Waals surface area contributed by atoms with Crippen molar-refractivity contribution >= 4 is 33.4 Å². The van der Waals surface area contributed by atoms with Gasteiger partial charge in [0.05, 0.1) is 16.3 Å². The van der Waals surface area contributed by atoms with Crippen molar-refractivity contribution in [3.05, 3.63) is 47.0 Å². The molecule has 0 spiro atoms. The number of carbonyl (C=O) groups is 2. The summed E-state index contributed by atoms with van der Waals surface area (Å²) in [6.07, 6.45) is 1.44. The van der Waals surface area contributed by atoms with Gasteiger partial charge in [-0.05, 0) is 44.9 Å². The van der Waals surface area contributed by atoms with Gasteiger partial charge in [-0.2, -0.15) is 5.10 Å².